The number of rotatable bonds is 6. The van der Waals surface area contributed by atoms with Gasteiger partial charge in [0.1, 0.15) is 11.2 Å². The average molecular weight is 295 g/mol. The van der Waals surface area contributed by atoms with Crippen LogP contribution >= 0.6 is 0 Å². The Balaban J connectivity index is 2.97. The van der Waals surface area contributed by atoms with E-state index in [1.54, 1.807) is 32.9 Å². The molecule has 1 atom stereocenters. The van der Waals surface area contributed by atoms with Crippen LogP contribution in [0.2, 0.25) is 0 Å². The van der Waals surface area contributed by atoms with Crippen molar-refractivity contribution in [2.24, 2.45) is 16.3 Å². The van der Waals surface area contributed by atoms with Gasteiger partial charge in [0.25, 0.3) is 0 Å². The third kappa shape index (κ3) is 3.51. The summed E-state index contributed by atoms with van der Waals surface area (Å²) in [7, 11) is 0. The first-order chi connectivity index (χ1) is 9.91. The van der Waals surface area contributed by atoms with Crippen LogP contribution in [0.5, 0.6) is 0 Å². The summed E-state index contributed by atoms with van der Waals surface area (Å²) < 4.78 is 13.2. The molecular formula is C15H22FN3O2. The van der Waals surface area contributed by atoms with E-state index >= 15 is 0 Å². The summed E-state index contributed by atoms with van der Waals surface area (Å²) in [4.78, 5) is 12.5. The van der Waals surface area contributed by atoms with E-state index in [9.17, 15) is 9.18 Å². The van der Waals surface area contributed by atoms with Gasteiger partial charge in [0, 0.05) is 0 Å². The molecular weight excluding hydrogens is 273 g/mol. The quantitative estimate of drug-likeness (QED) is 0.326. The third-order valence-electron chi connectivity index (χ3n) is 3.94. The fourth-order valence-corrected chi connectivity index (χ4v) is 2.34. The zero-order valence-electron chi connectivity index (χ0n) is 12.6. The van der Waals surface area contributed by atoms with Gasteiger partial charge in [-0.05, 0) is 37.5 Å². The van der Waals surface area contributed by atoms with Crippen LogP contribution < -0.4 is 11.1 Å². The summed E-state index contributed by atoms with van der Waals surface area (Å²) in [6.07, 6.45) is 0.808. The number of halogens is 1. The molecule has 116 valence electrons. The maximum absolute atomic E-state index is 13.2. The maximum Gasteiger partial charge on any atom is 0.234 e. The van der Waals surface area contributed by atoms with Gasteiger partial charge in [-0.15, -0.1) is 0 Å². The lowest BCUT2D eigenvalue weighted by molar-refractivity contribution is -0.128. The lowest BCUT2D eigenvalue weighted by Gasteiger charge is -2.30. The highest BCUT2D eigenvalue weighted by molar-refractivity contribution is 6.06. The molecule has 0 aliphatic heterocycles. The lowest BCUT2D eigenvalue weighted by Crippen LogP contribution is -2.49. The number of amidine groups is 1. The molecule has 4 N–H and O–H groups in total. The summed E-state index contributed by atoms with van der Waals surface area (Å²) >= 11 is 0. The molecule has 0 saturated heterocycles. The second-order valence-electron chi connectivity index (χ2n) is 5.02. The molecule has 0 radical (unpaired) electrons. The summed E-state index contributed by atoms with van der Waals surface area (Å²) in [5.74, 6) is -0.807. The predicted molar refractivity (Wildman–Crippen MR) is 79.4 cm³/mol. The summed E-state index contributed by atoms with van der Waals surface area (Å²) in [6, 6.07) is 5.66. The smallest absolute Gasteiger partial charge is 0.234 e. The van der Waals surface area contributed by atoms with Gasteiger partial charge in [0.15, 0.2) is 5.84 Å². The van der Waals surface area contributed by atoms with Gasteiger partial charge in [-0.3, -0.25) is 4.79 Å². The van der Waals surface area contributed by atoms with Crippen LogP contribution in [0.15, 0.2) is 29.4 Å². The van der Waals surface area contributed by atoms with E-state index in [0.717, 1.165) is 0 Å². The number of nitrogens with zero attached hydrogens (tertiary/aromatic N) is 1. The first-order valence-electron chi connectivity index (χ1n) is 6.95. The molecule has 6 heteroatoms. The molecule has 1 aromatic carbocycles. The van der Waals surface area contributed by atoms with Gasteiger partial charge < -0.3 is 16.3 Å². The number of nitrogens with two attached hydrogens (primary N) is 1. The first kappa shape index (κ1) is 16.9. The Morgan fingerprint density at radius 2 is 2.10 bits per heavy atom. The van der Waals surface area contributed by atoms with Gasteiger partial charge in [-0.25, -0.2) is 4.39 Å². The molecule has 1 rings (SSSR count). The number of amides is 1. The molecule has 5 nitrogen and oxygen atoms in total. The van der Waals surface area contributed by atoms with E-state index in [0.29, 0.717) is 18.4 Å². The largest absolute Gasteiger partial charge is 0.409 e. The summed E-state index contributed by atoms with van der Waals surface area (Å²) in [6.45, 7) is 5.36. The van der Waals surface area contributed by atoms with Crippen molar-refractivity contribution >= 4 is 11.7 Å². The molecule has 0 aliphatic rings. The average Bonchev–Trinajstić information content (AvgIpc) is 2.48. The van der Waals surface area contributed by atoms with Crippen molar-refractivity contribution < 1.29 is 14.4 Å². The van der Waals surface area contributed by atoms with E-state index < -0.39 is 5.41 Å². The lowest BCUT2D eigenvalue weighted by atomic mass is 9.80. The molecule has 0 aromatic heterocycles. The van der Waals surface area contributed by atoms with E-state index in [-0.39, 0.29) is 23.6 Å². The highest BCUT2D eigenvalue weighted by atomic mass is 19.1. The normalized spacial score (nSPS) is 13.8. The molecule has 0 bridgehead atoms. The van der Waals surface area contributed by atoms with E-state index in [1.807, 2.05) is 0 Å². The SMILES string of the molecule is CCC(CC)(C(=O)NC(C)c1cccc(F)c1)C(N)=NO. The highest BCUT2D eigenvalue weighted by Gasteiger charge is 2.40. The standard InChI is InChI=1S/C15H22FN3O2/c1-4-15(5-2,13(17)19-21)14(20)18-10(3)11-7-6-8-12(16)9-11/h6-10,21H,4-5H2,1-3H3,(H2,17,19)(H,18,20). The number of hydrogen-bond acceptors (Lipinski definition) is 3. The predicted octanol–water partition coefficient (Wildman–Crippen LogP) is 2.56. The number of hydrogen-bond donors (Lipinski definition) is 3. The monoisotopic (exact) mass is 295 g/mol. The van der Waals surface area contributed by atoms with Crippen LogP contribution in [0.3, 0.4) is 0 Å². The number of carbonyl (C=O) groups excluding carboxylic acids is 1. The van der Waals surface area contributed by atoms with Crippen molar-refractivity contribution in [3.05, 3.63) is 35.6 Å². The zero-order valence-corrected chi connectivity index (χ0v) is 12.6. The van der Waals surface area contributed by atoms with Gasteiger partial charge in [-0.2, -0.15) is 0 Å². The molecule has 0 fully saturated rings. The fourth-order valence-electron chi connectivity index (χ4n) is 2.34. The van der Waals surface area contributed by atoms with Crippen molar-refractivity contribution in [3.8, 4) is 0 Å². The second-order valence-corrected chi connectivity index (χ2v) is 5.02. The molecule has 0 heterocycles. The van der Waals surface area contributed by atoms with Crippen molar-refractivity contribution in [3.63, 3.8) is 0 Å². The van der Waals surface area contributed by atoms with Gasteiger partial charge in [0.2, 0.25) is 5.91 Å². The van der Waals surface area contributed by atoms with Gasteiger partial charge >= 0.3 is 0 Å². The topological polar surface area (TPSA) is 87.7 Å². The molecule has 1 amide bonds. The third-order valence-corrected chi connectivity index (χ3v) is 3.94. The van der Waals surface area contributed by atoms with Crippen LogP contribution in [0.25, 0.3) is 0 Å². The van der Waals surface area contributed by atoms with Gasteiger partial charge in [-0.1, -0.05) is 31.1 Å². The van der Waals surface area contributed by atoms with Crippen molar-refractivity contribution in [1.29, 1.82) is 0 Å². The molecule has 0 aliphatic carbocycles. The summed E-state index contributed by atoms with van der Waals surface area (Å²) in [5.41, 5.74) is 5.29. The van der Waals surface area contributed by atoms with Crippen molar-refractivity contribution in [2.75, 3.05) is 0 Å². The van der Waals surface area contributed by atoms with Crippen LogP contribution in [0.4, 0.5) is 4.39 Å². The highest BCUT2D eigenvalue weighted by Crippen LogP contribution is 2.28. The van der Waals surface area contributed by atoms with E-state index in [2.05, 4.69) is 10.5 Å². The van der Waals surface area contributed by atoms with Gasteiger partial charge in [0.05, 0.1) is 6.04 Å². The zero-order chi connectivity index (χ0) is 16.0. The Morgan fingerprint density at radius 3 is 2.57 bits per heavy atom. The van der Waals surface area contributed by atoms with E-state index in [1.165, 1.54) is 12.1 Å². The fraction of sp³-hybridized carbons (Fsp3) is 0.467. The van der Waals surface area contributed by atoms with Crippen LogP contribution in [0, 0.1) is 11.2 Å². The Kier molecular flexibility index (Phi) is 5.69. The number of nitrogens with one attached hydrogen (secondary N) is 1. The Hall–Kier alpha value is -2.11. The van der Waals surface area contributed by atoms with E-state index in [4.69, 9.17) is 10.9 Å². The molecule has 1 aromatic rings. The minimum Gasteiger partial charge on any atom is -0.409 e. The number of benzene rings is 1. The second kappa shape index (κ2) is 7.06. The maximum atomic E-state index is 13.2. The first-order valence-corrected chi connectivity index (χ1v) is 6.95. The Morgan fingerprint density at radius 1 is 1.48 bits per heavy atom. The van der Waals surface area contributed by atoms with Crippen LogP contribution in [0.1, 0.15) is 45.2 Å². The molecule has 0 spiro atoms. The molecule has 1 unspecified atom stereocenters. The Bertz CT molecular complexity index is 527. The minimum atomic E-state index is -1.06. The number of carbonyl (C=O) groups is 1. The number of oxime groups is 1. The molecule has 0 saturated carbocycles. The molecule has 21 heavy (non-hydrogen) atoms. The van der Waals surface area contributed by atoms with Crippen molar-refractivity contribution in [1.82, 2.24) is 5.32 Å². The minimum absolute atomic E-state index is 0.114. The van der Waals surface area contributed by atoms with Crippen LogP contribution in [-0.2, 0) is 4.79 Å². The summed E-state index contributed by atoms with van der Waals surface area (Å²) in [5, 5.41) is 14.7. The Labute approximate surface area is 124 Å². The van der Waals surface area contributed by atoms with Crippen LogP contribution in [-0.4, -0.2) is 17.0 Å². The van der Waals surface area contributed by atoms with Crippen molar-refractivity contribution in [2.45, 2.75) is 39.7 Å².